The minimum atomic E-state index is 0.286. The highest BCUT2D eigenvalue weighted by atomic mass is 35.5. The van der Waals surface area contributed by atoms with E-state index in [0.29, 0.717) is 11.4 Å². The third-order valence-electron chi connectivity index (χ3n) is 2.80. The van der Waals surface area contributed by atoms with Crippen LogP contribution in [0.2, 0.25) is 5.15 Å². The molecule has 5 heteroatoms. The molecule has 2 heterocycles. The molecule has 1 N–H and O–H groups in total. The van der Waals surface area contributed by atoms with Gasteiger partial charge in [-0.3, -0.25) is 4.98 Å². The van der Waals surface area contributed by atoms with E-state index in [1.165, 1.54) is 6.07 Å². The Hall–Kier alpha value is -2.64. The van der Waals surface area contributed by atoms with Gasteiger partial charge >= 0.3 is 0 Å². The smallest absolute Gasteiger partial charge is 0.133 e. The number of nitrogens with one attached hydrogen (secondary N) is 1. The molecule has 0 spiro atoms. The Morgan fingerprint density at radius 1 is 1.15 bits per heavy atom. The lowest BCUT2D eigenvalue weighted by Gasteiger charge is -2.07. The Morgan fingerprint density at radius 2 is 2.05 bits per heavy atom. The molecule has 0 aliphatic carbocycles. The number of benzene rings is 1. The quantitative estimate of drug-likeness (QED) is 0.723. The third-order valence-corrected chi connectivity index (χ3v) is 2.99. The summed E-state index contributed by atoms with van der Waals surface area (Å²) in [5.74, 6) is 0.539. The van der Waals surface area contributed by atoms with Crippen LogP contribution in [0, 0.1) is 11.3 Å². The number of pyridine rings is 2. The van der Waals surface area contributed by atoms with E-state index < -0.39 is 0 Å². The van der Waals surface area contributed by atoms with E-state index >= 15 is 0 Å². The fourth-order valence-corrected chi connectivity index (χ4v) is 2.14. The fourth-order valence-electron chi connectivity index (χ4n) is 1.93. The summed E-state index contributed by atoms with van der Waals surface area (Å²) in [5, 5.41) is 13.4. The van der Waals surface area contributed by atoms with E-state index in [1.807, 2.05) is 36.4 Å². The monoisotopic (exact) mass is 280 g/mol. The number of rotatable bonds is 2. The Labute approximate surface area is 120 Å². The van der Waals surface area contributed by atoms with Crippen LogP contribution in [0.25, 0.3) is 10.9 Å². The minimum Gasteiger partial charge on any atom is -0.340 e. The second-order valence-electron chi connectivity index (χ2n) is 4.21. The summed E-state index contributed by atoms with van der Waals surface area (Å²) in [5.41, 5.74) is 2.26. The molecule has 0 aliphatic rings. The van der Waals surface area contributed by atoms with Gasteiger partial charge in [0, 0.05) is 17.3 Å². The van der Waals surface area contributed by atoms with E-state index in [4.69, 9.17) is 16.9 Å². The van der Waals surface area contributed by atoms with Crippen LogP contribution >= 0.6 is 11.6 Å². The highest BCUT2D eigenvalue weighted by Gasteiger charge is 2.02. The molecule has 0 radical (unpaired) electrons. The van der Waals surface area contributed by atoms with Crippen LogP contribution in [-0.4, -0.2) is 9.97 Å². The Balaban J connectivity index is 1.97. The van der Waals surface area contributed by atoms with Crippen molar-refractivity contribution < 1.29 is 0 Å². The Morgan fingerprint density at radius 3 is 2.90 bits per heavy atom. The molecule has 0 atom stereocenters. The van der Waals surface area contributed by atoms with Gasteiger partial charge in [0.2, 0.25) is 0 Å². The predicted octanol–water partition coefficient (Wildman–Crippen LogP) is 3.90. The minimum absolute atomic E-state index is 0.286. The maximum atomic E-state index is 8.92. The molecule has 96 valence electrons. The number of hydrogen-bond donors (Lipinski definition) is 1. The first-order valence-corrected chi connectivity index (χ1v) is 6.32. The van der Waals surface area contributed by atoms with E-state index in [2.05, 4.69) is 15.3 Å². The second-order valence-corrected chi connectivity index (χ2v) is 4.60. The van der Waals surface area contributed by atoms with Gasteiger partial charge in [-0.05, 0) is 36.4 Å². The van der Waals surface area contributed by atoms with Gasteiger partial charge in [0.1, 0.15) is 11.0 Å². The molecule has 0 saturated heterocycles. The normalized spacial score (nSPS) is 10.2. The van der Waals surface area contributed by atoms with E-state index in [0.717, 1.165) is 16.6 Å². The SMILES string of the molecule is N#Cc1cc(Cl)nc(Nc2ccc3ncccc3c2)c1. The summed E-state index contributed by atoms with van der Waals surface area (Å²) in [7, 11) is 0. The summed E-state index contributed by atoms with van der Waals surface area (Å²) in [6.07, 6.45) is 1.76. The van der Waals surface area contributed by atoms with E-state index in [1.54, 1.807) is 12.3 Å². The fraction of sp³-hybridized carbons (Fsp3) is 0. The van der Waals surface area contributed by atoms with Crippen LogP contribution in [0.1, 0.15) is 5.56 Å². The summed E-state index contributed by atoms with van der Waals surface area (Å²) in [6, 6.07) is 14.9. The Bertz CT molecular complexity index is 823. The summed E-state index contributed by atoms with van der Waals surface area (Å²) < 4.78 is 0. The first-order chi connectivity index (χ1) is 9.74. The molecule has 0 unspecified atom stereocenters. The van der Waals surface area contributed by atoms with Crippen molar-refractivity contribution in [2.24, 2.45) is 0 Å². The average molecular weight is 281 g/mol. The van der Waals surface area contributed by atoms with Crippen LogP contribution < -0.4 is 5.32 Å². The molecule has 3 rings (SSSR count). The third kappa shape index (κ3) is 2.53. The summed E-state index contributed by atoms with van der Waals surface area (Å²) >= 11 is 5.88. The van der Waals surface area contributed by atoms with Gasteiger partial charge in [0.15, 0.2) is 0 Å². The standard InChI is InChI=1S/C15H9ClN4/c16-14-6-10(9-17)7-15(20-14)19-12-3-4-13-11(8-12)2-1-5-18-13/h1-8H,(H,19,20). The lowest BCUT2D eigenvalue weighted by molar-refractivity contribution is 1.29. The Kier molecular flexibility index (Phi) is 3.20. The van der Waals surface area contributed by atoms with Crippen LogP contribution in [0.5, 0.6) is 0 Å². The molecule has 0 aliphatic heterocycles. The summed E-state index contributed by atoms with van der Waals surface area (Å²) in [4.78, 5) is 8.41. The summed E-state index contributed by atoms with van der Waals surface area (Å²) in [6.45, 7) is 0. The number of fused-ring (bicyclic) bond motifs is 1. The second kappa shape index (κ2) is 5.16. The molecule has 0 fully saturated rings. The van der Waals surface area contributed by atoms with Crippen molar-refractivity contribution in [2.75, 3.05) is 5.32 Å². The van der Waals surface area contributed by atoms with Crippen molar-refractivity contribution in [1.82, 2.24) is 9.97 Å². The number of nitrogens with zero attached hydrogens (tertiary/aromatic N) is 3. The molecule has 0 amide bonds. The lowest BCUT2D eigenvalue weighted by atomic mass is 10.2. The molecular formula is C15H9ClN4. The topological polar surface area (TPSA) is 61.6 Å². The van der Waals surface area contributed by atoms with Gasteiger partial charge in [-0.2, -0.15) is 5.26 Å². The van der Waals surface area contributed by atoms with Gasteiger partial charge in [-0.1, -0.05) is 17.7 Å². The maximum absolute atomic E-state index is 8.92. The largest absolute Gasteiger partial charge is 0.340 e. The molecule has 2 aromatic heterocycles. The van der Waals surface area contributed by atoms with Gasteiger partial charge in [0.05, 0.1) is 17.1 Å². The van der Waals surface area contributed by atoms with Crippen LogP contribution in [-0.2, 0) is 0 Å². The van der Waals surface area contributed by atoms with Gasteiger partial charge in [0.25, 0.3) is 0 Å². The van der Waals surface area contributed by atoms with Crippen molar-refractivity contribution in [3.8, 4) is 6.07 Å². The van der Waals surface area contributed by atoms with Crippen LogP contribution in [0.15, 0.2) is 48.7 Å². The van der Waals surface area contributed by atoms with Gasteiger partial charge in [-0.25, -0.2) is 4.98 Å². The first kappa shape index (κ1) is 12.4. The number of anilines is 2. The molecule has 1 aromatic carbocycles. The number of nitriles is 1. The number of halogens is 1. The van der Waals surface area contributed by atoms with Crippen LogP contribution in [0.3, 0.4) is 0 Å². The highest BCUT2D eigenvalue weighted by molar-refractivity contribution is 6.29. The van der Waals surface area contributed by atoms with Crippen molar-refractivity contribution in [2.45, 2.75) is 0 Å². The molecule has 20 heavy (non-hydrogen) atoms. The first-order valence-electron chi connectivity index (χ1n) is 5.94. The van der Waals surface area contributed by atoms with E-state index in [9.17, 15) is 0 Å². The molecule has 4 nitrogen and oxygen atoms in total. The zero-order valence-electron chi connectivity index (χ0n) is 10.3. The molecule has 0 bridgehead atoms. The maximum Gasteiger partial charge on any atom is 0.133 e. The van der Waals surface area contributed by atoms with Crippen molar-refractivity contribution in [1.29, 1.82) is 5.26 Å². The van der Waals surface area contributed by atoms with E-state index in [-0.39, 0.29) is 5.15 Å². The van der Waals surface area contributed by atoms with Crippen LogP contribution in [0.4, 0.5) is 11.5 Å². The molecular weight excluding hydrogens is 272 g/mol. The highest BCUT2D eigenvalue weighted by Crippen LogP contribution is 2.22. The van der Waals surface area contributed by atoms with Gasteiger partial charge in [-0.15, -0.1) is 0 Å². The zero-order chi connectivity index (χ0) is 13.9. The number of hydrogen-bond acceptors (Lipinski definition) is 4. The van der Waals surface area contributed by atoms with Crippen molar-refractivity contribution in [3.05, 3.63) is 59.4 Å². The predicted molar refractivity (Wildman–Crippen MR) is 79.0 cm³/mol. The average Bonchev–Trinajstić information content (AvgIpc) is 2.46. The number of aromatic nitrogens is 2. The molecule has 3 aromatic rings. The van der Waals surface area contributed by atoms with Crippen molar-refractivity contribution in [3.63, 3.8) is 0 Å². The van der Waals surface area contributed by atoms with Crippen molar-refractivity contribution >= 4 is 34.0 Å². The lowest BCUT2D eigenvalue weighted by Crippen LogP contribution is -1.95. The zero-order valence-corrected chi connectivity index (χ0v) is 11.1. The molecule has 0 saturated carbocycles. The van der Waals surface area contributed by atoms with Gasteiger partial charge < -0.3 is 5.32 Å².